The van der Waals surface area contributed by atoms with Gasteiger partial charge in [0.25, 0.3) is 0 Å². The number of carbonyl (C=O) groups is 2. The van der Waals surface area contributed by atoms with Crippen molar-refractivity contribution in [3.8, 4) is 0 Å². The van der Waals surface area contributed by atoms with Crippen LogP contribution in [-0.4, -0.2) is 63.4 Å². The molecule has 114 valence electrons. The fourth-order valence-corrected chi connectivity index (χ4v) is 3.72. The van der Waals surface area contributed by atoms with Crippen LogP contribution in [0.3, 0.4) is 0 Å². The Bertz CT molecular complexity index is 371. The Hall–Kier alpha value is -0.950. The zero-order valence-corrected chi connectivity index (χ0v) is 12.4. The molecular formula is C13H22N2O4S. The highest BCUT2D eigenvalue weighted by Gasteiger charge is 2.39. The standard InChI is InChI=1S/C13H22N2O4S/c1-20-10-4-2-8(3-5-10)14-13(19)15-7-9(16)6-11(15)12(17)18/h8-11,16H,2-7H2,1H3,(H,14,19)(H,17,18). The van der Waals surface area contributed by atoms with Crippen molar-refractivity contribution in [3.05, 3.63) is 0 Å². The van der Waals surface area contributed by atoms with Crippen LogP contribution in [0, 0.1) is 0 Å². The predicted molar refractivity (Wildman–Crippen MR) is 76.8 cm³/mol. The van der Waals surface area contributed by atoms with Crippen molar-refractivity contribution in [1.82, 2.24) is 10.2 Å². The molecule has 2 rings (SSSR count). The van der Waals surface area contributed by atoms with Crippen molar-refractivity contribution in [3.63, 3.8) is 0 Å². The lowest BCUT2D eigenvalue weighted by Gasteiger charge is -2.30. The number of amides is 2. The summed E-state index contributed by atoms with van der Waals surface area (Å²) in [5.41, 5.74) is 0. The van der Waals surface area contributed by atoms with E-state index in [1.807, 2.05) is 11.8 Å². The smallest absolute Gasteiger partial charge is 0.326 e. The molecule has 20 heavy (non-hydrogen) atoms. The van der Waals surface area contributed by atoms with E-state index in [0.717, 1.165) is 25.7 Å². The lowest BCUT2D eigenvalue weighted by molar-refractivity contribution is -0.141. The maximum Gasteiger partial charge on any atom is 0.326 e. The monoisotopic (exact) mass is 302 g/mol. The number of thioether (sulfide) groups is 1. The van der Waals surface area contributed by atoms with Gasteiger partial charge in [-0.05, 0) is 31.9 Å². The highest BCUT2D eigenvalue weighted by Crippen LogP contribution is 2.27. The number of carboxylic acid groups (broad SMARTS) is 1. The Balaban J connectivity index is 1.87. The van der Waals surface area contributed by atoms with Gasteiger partial charge in [0.05, 0.1) is 6.10 Å². The number of nitrogens with zero attached hydrogens (tertiary/aromatic N) is 1. The molecule has 0 bridgehead atoms. The van der Waals surface area contributed by atoms with Gasteiger partial charge in [0.2, 0.25) is 0 Å². The summed E-state index contributed by atoms with van der Waals surface area (Å²) >= 11 is 1.86. The summed E-state index contributed by atoms with van der Waals surface area (Å²) in [5.74, 6) is -1.05. The number of carboxylic acids is 1. The lowest BCUT2D eigenvalue weighted by Crippen LogP contribution is -2.50. The number of aliphatic hydroxyl groups is 1. The average molecular weight is 302 g/mol. The van der Waals surface area contributed by atoms with E-state index in [2.05, 4.69) is 11.6 Å². The minimum Gasteiger partial charge on any atom is -0.480 e. The Morgan fingerprint density at radius 3 is 2.45 bits per heavy atom. The maximum absolute atomic E-state index is 12.2. The molecule has 1 saturated heterocycles. The molecule has 3 N–H and O–H groups in total. The molecule has 0 spiro atoms. The summed E-state index contributed by atoms with van der Waals surface area (Å²) in [6, 6.07) is -1.15. The molecule has 1 saturated carbocycles. The molecule has 7 heteroatoms. The summed E-state index contributed by atoms with van der Waals surface area (Å²) in [5, 5.41) is 22.2. The van der Waals surface area contributed by atoms with Crippen LogP contribution < -0.4 is 5.32 Å². The van der Waals surface area contributed by atoms with Crippen LogP contribution in [0.15, 0.2) is 0 Å². The van der Waals surface area contributed by atoms with E-state index >= 15 is 0 Å². The van der Waals surface area contributed by atoms with Crippen molar-refractivity contribution >= 4 is 23.8 Å². The topological polar surface area (TPSA) is 89.9 Å². The second kappa shape index (κ2) is 6.67. The molecule has 2 aliphatic rings. The number of rotatable bonds is 3. The van der Waals surface area contributed by atoms with E-state index in [1.54, 1.807) is 0 Å². The Labute approximate surface area is 122 Å². The molecule has 0 radical (unpaired) electrons. The molecule has 1 aliphatic carbocycles. The molecule has 0 aromatic heterocycles. The van der Waals surface area contributed by atoms with Gasteiger partial charge in [0.15, 0.2) is 0 Å². The molecule has 1 heterocycles. The van der Waals surface area contributed by atoms with E-state index in [1.165, 1.54) is 4.90 Å². The van der Waals surface area contributed by atoms with Gasteiger partial charge in [-0.15, -0.1) is 0 Å². The van der Waals surface area contributed by atoms with Crippen LogP contribution in [-0.2, 0) is 4.79 Å². The first-order valence-corrected chi connectivity index (χ1v) is 8.31. The van der Waals surface area contributed by atoms with Crippen LogP contribution in [0.25, 0.3) is 0 Å². The van der Waals surface area contributed by atoms with Crippen LogP contribution in [0.5, 0.6) is 0 Å². The van der Waals surface area contributed by atoms with Crippen molar-refractivity contribution in [2.24, 2.45) is 0 Å². The zero-order valence-electron chi connectivity index (χ0n) is 11.6. The zero-order chi connectivity index (χ0) is 14.7. The Morgan fingerprint density at radius 2 is 1.90 bits per heavy atom. The second-order valence-electron chi connectivity index (χ2n) is 5.55. The lowest BCUT2D eigenvalue weighted by atomic mass is 9.95. The third-order valence-corrected chi connectivity index (χ3v) is 5.30. The minimum absolute atomic E-state index is 0.100. The number of nitrogens with one attached hydrogen (secondary N) is 1. The van der Waals surface area contributed by atoms with Crippen LogP contribution in [0.4, 0.5) is 4.79 Å². The number of hydrogen-bond acceptors (Lipinski definition) is 4. The number of β-amino-alcohol motifs (C(OH)–C–C–N with tert-alkyl or cyclic N) is 1. The first kappa shape index (κ1) is 15.4. The van der Waals surface area contributed by atoms with Gasteiger partial charge < -0.3 is 20.4 Å². The van der Waals surface area contributed by atoms with Gasteiger partial charge in [-0.25, -0.2) is 9.59 Å². The Kier molecular flexibility index (Phi) is 5.15. The summed E-state index contributed by atoms with van der Waals surface area (Å²) in [6.45, 7) is 0.100. The number of carbonyl (C=O) groups excluding carboxylic acids is 1. The fourth-order valence-electron chi connectivity index (χ4n) is 2.97. The van der Waals surface area contributed by atoms with Gasteiger partial charge >= 0.3 is 12.0 Å². The quantitative estimate of drug-likeness (QED) is 0.720. The number of likely N-dealkylation sites (tertiary alicyclic amines) is 1. The molecule has 1 aliphatic heterocycles. The fraction of sp³-hybridized carbons (Fsp3) is 0.846. The van der Waals surface area contributed by atoms with E-state index in [0.29, 0.717) is 5.25 Å². The van der Waals surface area contributed by atoms with E-state index in [-0.39, 0.29) is 25.0 Å². The van der Waals surface area contributed by atoms with Crippen molar-refractivity contribution < 1.29 is 19.8 Å². The van der Waals surface area contributed by atoms with Gasteiger partial charge in [-0.3, -0.25) is 0 Å². The van der Waals surface area contributed by atoms with Gasteiger partial charge in [0.1, 0.15) is 6.04 Å². The van der Waals surface area contributed by atoms with Crippen molar-refractivity contribution in [2.45, 2.75) is 55.5 Å². The summed E-state index contributed by atoms with van der Waals surface area (Å²) in [4.78, 5) is 24.5. The number of hydrogen-bond donors (Lipinski definition) is 3. The van der Waals surface area contributed by atoms with Gasteiger partial charge in [-0.1, -0.05) is 0 Å². The van der Waals surface area contributed by atoms with Crippen molar-refractivity contribution in [1.29, 1.82) is 0 Å². The molecule has 0 aromatic rings. The molecule has 6 nitrogen and oxygen atoms in total. The maximum atomic E-state index is 12.2. The highest BCUT2D eigenvalue weighted by molar-refractivity contribution is 7.99. The first-order chi connectivity index (χ1) is 9.51. The van der Waals surface area contributed by atoms with Gasteiger partial charge in [0, 0.05) is 24.3 Å². The van der Waals surface area contributed by atoms with Crippen LogP contribution >= 0.6 is 11.8 Å². The molecule has 2 fully saturated rings. The van der Waals surface area contributed by atoms with Crippen molar-refractivity contribution in [2.75, 3.05) is 12.8 Å². The number of urea groups is 1. The average Bonchev–Trinajstić information content (AvgIpc) is 2.82. The van der Waals surface area contributed by atoms with E-state index in [9.17, 15) is 14.7 Å². The normalized spacial score (nSPS) is 34.0. The molecule has 2 atom stereocenters. The third-order valence-electron chi connectivity index (χ3n) is 4.16. The minimum atomic E-state index is -1.05. The number of aliphatic hydroxyl groups excluding tert-OH is 1. The number of aliphatic carboxylic acids is 1. The molecule has 2 amide bonds. The van der Waals surface area contributed by atoms with E-state index in [4.69, 9.17) is 5.11 Å². The third kappa shape index (κ3) is 3.58. The van der Waals surface area contributed by atoms with Crippen LogP contribution in [0.2, 0.25) is 0 Å². The molecular weight excluding hydrogens is 280 g/mol. The molecule has 0 aromatic carbocycles. The summed E-state index contributed by atoms with van der Waals surface area (Å²) in [7, 11) is 0. The van der Waals surface area contributed by atoms with E-state index < -0.39 is 18.1 Å². The predicted octanol–water partition coefficient (Wildman–Crippen LogP) is 0.890. The molecule has 2 unspecified atom stereocenters. The van der Waals surface area contributed by atoms with Gasteiger partial charge in [-0.2, -0.15) is 11.8 Å². The largest absolute Gasteiger partial charge is 0.480 e. The first-order valence-electron chi connectivity index (χ1n) is 7.02. The second-order valence-corrected chi connectivity index (χ2v) is 6.69. The Morgan fingerprint density at radius 1 is 1.25 bits per heavy atom. The van der Waals surface area contributed by atoms with Crippen LogP contribution in [0.1, 0.15) is 32.1 Å². The summed E-state index contributed by atoms with van der Waals surface area (Å²) < 4.78 is 0. The SMILES string of the molecule is CSC1CCC(NC(=O)N2CC(O)CC2C(=O)O)CC1. The highest BCUT2D eigenvalue weighted by atomic mass is 32.2. The summed E-state index contributed by atoms with van der Waals surface area (Å²) in [6.07, 6.45) is 5.51.